The Balaban J connectivity index is 1.55. The van der Waals surface area contributed by atoms with Crippen LogP contribution in [0, 0.1) is 6.92 Å². The van der Waals surface area contributed by atoms with E-state index in [1.54, 1.807) is 0 Å². The average Bonchev–Trinajstić information content (AvgIpc) is 3.39. The number of fused-ring (bicyclic) bond motifs is 1. The number of amides is 2. The van der Waals surface area contributed by atoms with E-state index in [9.17, 15) is 9.59 Å². The van der Waals surface area contributed by atoms with Crippen molar-refractivity contribution in [3.05, 3.63) is 59.9 Å². The van der Waals surface area contributed by atoms with Crippen LogP contribution in [0.2, 0.25) is 0 Å². The highest BCUT2D eigenvalue weighted by Gasteiger charge is 2.27. The molecule has 1 aliphatic rings. The molecule has 7 nitrogen and oxygen atoms in total. The van der Waals surface area contributed by atoms with E-state index in [2.05, 4.69) is 10.6 Å². The Morgan fingerprint density at radius 1 is 1.20 bits per heavy atom. The second-order valence-corrected chi connectivity index (χ2v) is 7.69. The third-order valence-corrected chi connectivity index (χ3v) is 5.29. The molecule has 7 heteroatoms. The van der Waals surface area contributed by atoms with E-state index in [4.69, 9.17) is 9.72 Å². The van der Waals surface area contributed by atoms with Gasteiger partial charge in [-0.05, 0) is 51.0 Å². The predicted molar refractivity (Wildman–Crippen MR) is 115 cm³/mol. The number of carbonyl (C=O) groups excluding carboxylic acids is 2. The molecule has 1 fully saturated rings. The highest BCUT2D eigenvalue weighted by molar-refractivity contribution is 5.91. The quantitative estimate of drug-likeness (QED) is 0.658. The summed E-state index contributed by atoms with van der Waals surface area (Å²) in [5.74, 6) is 0.352. The summed E-state index contributed by atoms with van der Waals surface area (Å²) in [5, 5.41) is 5.92. The molecule has 2 unspecified atom stereocenters. The van der Waals surface area contributed by atoms with Gasteiger partial charge in [0.2, 0.25) is 11.8 Å². The minimum absolute atomic E-state index is 0.101. The molecule has 3 aromatic rings. The second kappa shape index (κ2) is 8.67. The number of anilines is 1. The van der Waals surface area contributed by atoms with E-state index in [-0.39, 0.29) is 24.4 Å². The summed E-state index contributed by atoms with van der Waals surface area (Å²) in [5.41, 5.74) is 3.52. The van der Waals surface area contributed by atoms with Crippen LogP contribution in [0.1, 0.15) is 37.2 Å². The van der Waals surface area contributed by atoms with Gasteiger partial charge in [0.25, 0.3) is 0 Å². The van der Waals surface area contributed by atoms with Gasteiger partial charge in [0.1, 0.15) is 18.5 Å². The van der Waals surface area contributed by atoms with Gasteiger partial charge in [0, 0.05) is 12.3 Å². The first-order chi connectivity index (χ1) is 14.5. The van der Waals surface area contributed by atoms with E-state index in [1.807, 2.05) is 66.9 Å². The zero-order chi connectivity index (χ0) is 21.1. The molecule has 2 heterocycles. The summed E-state index contributed by atoms with van der Waals surface area (Å²) in [6.45, 7) is 4.60. The van der Waals surface area contributed by atoms with Crippen LogP contribution in [-0.4, -0.2) is 34.1 Å². The van der Waals surface area contributed by atoms with Gasteiger partial charge in [-0.25, -0.2) is 4.98 Å². The first-order valence-electron chi connectivity index (χ1n) is 10.2. The Labute approximate surface area is 175 Å². The van der Waals surface area contributed by atoms with Crippen LogP contribution >= 0.6 is 0 Å². The molecule has 0 saturated carbocycles. The topological polar surface area (TPSA) is 85.2 Å². The molecule has 0 radical (unpaired) electrons. The lowest BCUT2D eigenvalue weighted by Crippen LogP contribution is -2.37. The summed E-state index contributed by atoms with van der Waals surface area (Å²) < 4.78 is 7.34. The number of hydrogen-bond acceptors (Lipinski definition) is 4. The first kappa shape index (κ1) is 20.1. The molecule has 2 atom stereocenters. The largest absolute Gasteiger partial charge is 0.368 e. The van der Waals surface area contributed by atoms with Crippen LogP contribution < -0.4 is 10.6 Å². The molecule has 30 heavy (non-hydrogen) atoms. The second-order valence-electron chi connectivity index (χ2n) is 7.69. The molecular weight excluding hydrogens is 380 g/mol. The maximum absolute atomic E-state index is 12.7. The molecule has 2 amide bonds. The van der Waals surface area contributed by atoms with Crippen molar-refractivity contribution >= 4 is 28.5 Å². The van der Waals surface area contributed by atoms with Crippen LogP contribution in [-0.2, 0) is 20.9 Å². The molecule has 2 aromatic carbocycles. The zero-order valence-corrected chi connectivity index (χ0v) is 17.2. The number of benzene rings is 2. The Kier molecular flexibility index (Phi) is 5.81. The summed E-state index contributed by atoms with van der Waals surface area (Å²) >= 11 is 0. The molecular formula is C23H26N4O3. The predicted octanol–water partition coefficient (Wildman–Crippen LogP) is 3.34. The van der Waals surface area contributed by atoms with Crippen molar-refractivity contribution in [3.8, 4) is 0 Å². The first-order valence-corrected chi connectivity index (χ1v) is 10.2. The number of carbonyl (C=O) groups is 2. The standard InChI is InChI=1S/C23H26N4O3/c1-15-9-11-17(12-10-15)25-21(28)14-27-19-7-4-3-6-18(19)26-22(27)16(2)24-23(29)20-8-5-13-30-20/h3-4,6-7,9-12,16,20H,5,8,13-14H2,1-2H3,(H,24,29)(H,25,28). The van der Waals surface area contributed by atoms with Crippen LogP contribution in [0.15, 0.2) is 48.5 Å². The third kappa shape index (κ3) is 4.36. The fourth-order valence-electron chi connectivity index (χ4n) is 3.73. The number of ether oxygens (including phenoxy) is 1. The van der Waals surface area contributed by atoms with Crippen molar-refractivity contribution in [3.63, 3.8) is 0 Å². The van der Waals surface area contributed by atoms with Gasteiger partial charge in [-0.2, -0.15) is 0 Å². The van der Waals surface area contributed by atoms with Crippen molar-refractivity contribution in [1.82, 2.24) is 14.9 Å². The number of aryl methyl sites for hydroxylation is 1. The van der Waals surface area contributed by atoms with Crippen molar-refractivity contribution < 1.29 is 14.3 Å². The van der Waals surface area contributed by atoms with E-state index in [0.29, 0.717) is 12.4 Å². The van der Waals surface area contributed by atoms with Crippen LogP contribution in [0.4, 0.5) is 5.69 Å². The van der Waals surface area contributed by atoms with Gasteiger partial charge < -0.3 is 19.9 Å². The van der Waals surface area contributed by atoms with Gasteiger partial charge in [0.15, 0.2) is 0 Å². The molecule has 2 N–H and O–H groups in total. The van der Waals surface area contributed by atoms with Crippen molar-refractivity contribution in [2.24, 2.45) is 0 Å². The van der Waals surface area contributed by atoms with Crippen LogP contribution in [0.25, 0.3) is 11.0 Å². The minimum Gasteiger partial charge on any atom is -0.368 e. The normalized spacial score (nSPS) is 17.1. The molecule has 156 valence electrons. The number of rotatable bonds is 6. The molecule has 0 spiro atoms. The Bertz CT molecular complexity index is 1050. The van der Waals surface area contributed by atoms with Gasteiger partial charge in [0.05, 0.1) is 17.1 Å². The highest BCUT2D eigenvalue weighted by atomic mass is 16.5. The SMILES string of the molecule is Cc1ccc(NC(=O)Cn2c(C(C)NC(=O)C3CCCO3)nc3ccccc32)cc1. The minimum atomic E-state index is -0.407. The Morgan fingerprint density at radius 2 is 1.97 bits per heavy atom. The van der Waals surface area contributed by atoms with E-state index >= 15 is 0 Å². The lowest BCUT2D eigenvalue weighted by molar-refractivity contribution is -0.130. The zero-order valence-electron chi connectivity index (χ0n) is 17.2. The molecule has 1 aliphatic heterocycles. The van der Waals surface area contributed by atoms with Gasteiger partial charge in [-0.3, -0.25) is 9.59 Å². The highest BCUT2D eigenvalue weighted by Crippen LogP contribution is 2.22. The number of aromatic nitrogens is 2. The maximum atomic E-state index is 12.7. The van der Waals surface area contributed by atoms with E-state index < -0.39 is 6.10 Å². The number of nitrogens with zero attached hydrogens (tertiary/aromatic N) is 2. The van der Waals surface area contributed by atoms with Crippen molar-refractivity contribution in [2.75, 3.05) is 11.9 Å². The molecule has 0 bridgehead atoms. The summed E-state index contributed by atoms with van der Waals surface area (Å²) in [6.07, 6.45) is 1.22. The lowest BCUT2D eigenvalue weighted by Gasteiger charge is -2.18. The average molecular weight is 406 g/mol. The molecule has 4 rings (SSSR count). The van der Waals surface area contributed by atoms with Gasteiger partial charge >= 0.3 is 0 Å². The number of hydrogen-bond donors (Lipinski definition) is 2. The van der Waals surface area contributed by atoms with Crippen molar-refractivity contribution in [2.45, 2.75) is 45.4 Å². The van der Waals surface area contributed by atoms with Gasteiger partial charge in [-0.1, -0.05) is 29.8 Å². The fourth-order valence-corrected chi connectivity index (χ4v) is 3.73. The lowest BCUT2D eigenvalue weighted by atomic mass is 10.2. The number of imidazole rings is 1. The summed E-state index contributed by atoms with van der Waals surface area (Å²) in [6, 6.07) is 15.0. The Morgan fingerprint density at radius 3 is 2.70 bits per heavy atom. The third-order valence-electron chi connectivity index (χ3n) is 5.29. The van der Waals surface area contributed by atoms with E-state index in [1.165, 1.54) is 0 Å². The fraction of sp³-hybridized carbons (Fsp3) is 0.348. The Hall–Kier alpha value is -3.19. The molecule has 1 saturated heterocycles. The smallest absolute Gasteiger partial charge is 0.249 e. The van der Waals surface area contributed by atoms with E-state index in [0.717, 1.165) is 35.1 Å². The van der Waals surface area contributed by atoms with Gasteiger partial charge in [-0.15, -0.1) is 0 Å². The molecule has 0 aliphatic carbocycles. The molecule has 1 aromatic heterocycles. The maximum Gasteiger partial charge on any atom is 0.249 e. The van der Waals surface area contributed by atoms with Crippen molar-refractivity contribution in [1.29, 1.82) is 0 Å². The summed E-state index contributed by atoms with van der Waals surface area (Å²) in [4.78, 5) is 29.9. The monoisotopic (exact) mass is 406 g/mol. The van der Waals surface area contributed by atoms with Crippen LogP contribution in [0.5, 0.6) is 0 Å². The number of nitrogens with one attached hydrogen (secondary N) is 2. The summed E-state index contributed by atoms with van der Waals surface area (Å²) in [7, 11) is 0. The van der Waals surface area contributed by atoms with Crippen LogP contribution in [0.3, 0.4) is 0 Å². The number of para-hydroxylation sites is 2.